The van der Waals surface area contributed by atoms with Crippen LogP contribution in [-0.4, -0.2) is 5.79 Å². The average molecular weight is 232 g/mol. The first-order chi connectivity index (χ1) is 7.99. The quantitative estimate of drug-likeness (QED) is 0.672. The lowest BCUT2D eigenvalue weighted by atomic mass is 9.87. The van der Waals surface area contributed by atoms with Crippen molar-refractivity contribution in [2.75, 3.05) is 0 Å². The van der Waals surface area contributed by atoms with E-state index in [-0.39, 0.29) is 11.2 Å². The van der Waals surface area contributed by atoms with Gasteiger partial charge in [0, 0.05) is 12.8 Å². The van der Waals surface area contributed by atoms with Crippen LogP contribution in [0.4, 0.5) is 0 Å². The minimum absolute atomic E-state index is 0.157. The maximum absolute atomic E-state index is 6.07. The zero-order chi connectivity index (χ0) is 12.1. The Kier molecular flexibility index (Phi) is 2.19. The lowest BCUT2D eigenvalue weighted by Crippen LogP contribution is -2.34. The number of benzene rings is 1. The predicted octanol–water partition coefficient (Wildman–Crippen LogP) is 4.03. The van der Waals surface area contributed by atoms with E-state index in [1.807, 2.05) is 0 Å². The Morgan fingerprint density at radius 1 is 1.00 bits per heavy atom. The number of hydrogen-bond donors (Lipinski definition) is 0. The van der Waals surface area contributed by atoms with Crippen LogP contribution in [0, 0.1) is 0 Å². The Labute approximate surface area is 103 Å². The Balaban J connectivity index is 1.93. The van der Waals surface area contributed by atoms with Crippen molar-refractivity contribution in [2.24, 2.45) is 0 Å². The van der Waals surface area contributed by atoms with Gasteiger partial charge < -0.3 is 9.47 Å². The van der Waals surface area contributed by atoms with Gasteiger partial charge in [-0.3, -0.25) is 0 Å². The van der Waals surface area contributed by atoms with Crippen LogP contribution in [0.3, 0.4) is 0 Å². The van der Waals surface area contributed by atoms with E-state index in [1.165, 1.54) is 18.4 Å². The molecule has 0 aromatic heterocycles. The fourth-order valence-corrected chi connectivity index (χ4v) is 2.68. The molecule has 1 spiro atoms. The van der Waals surface area contributed by atoms with Gasteiger partial charge >= 0.3 is 0 Å². The summed E-state index contributed by atoms with van der Waals surface area (Å²) in [6, 6.07) is 6.35. The molecule has 0 saturated heterocycles. The van der Waals surface area contributed by atoms with E-state index in [0.29, 0.717) is 0 Å². The zero-order valence-corrected chi connectivity index (χ0v) is 10.9. The Bertz CT molecular complexity index is 437. The highest BCUT2D eigenvalue weighted by atomic mass is 16.7. The molecule has 2 heteroatoms. The first-order valence-electron chi connectivity index (χ1n) is 6.51. The zero-order valence-electron chi connectivity index (χ0n) is 10.9. The standard InChI is InChI=1S/C15H20O2/c1-14(2,3)11-6-7-12-13(10-11)17-15(16-12)8-4-5-9-15/h6-7,10H,4-5,8-9H2,1-3H3. The molecule has 0 unspecified atom stereocenters. The molecule has 1 fully saturated rings. The maximum atomic E-state index is 6.07. The molecule has 0 radical (unpaired) electrons. The molecule has 17 heavy (non-hydrogen) atoms. The van der Waals surface area contributed by atoms with E-state index in [0.717, 1.165) is 24.3 Å². The fourth-order valence-electron chi connectivity index (χ4n) is 2.68. The first kappa shape index (κ1) is 10.9. The highest BCUT2D eigenvalue weighted by molar-refractivity contribution is 5.47. The highest BCUT2D eigenvalue weighted by Gasteiger charge is 2.44. The molecule has 1 heterocycles. The summed E-state index contributed by atoms with van der Waals surface area (Å²) in [5.74, 6) is 1.51. The molecule has 0 amide bonds. The minimum atomic E-state index is -0.334. The molecule has 3 rings (SSSR count). The van der Waals surface area contributed by atoms with E-state index >= 15 is 0 Å². The lowest BCUT2D eigenvalue weighted by Gasteiger charge is -2.21. The molecule has 2 aliphatic rings. The summed E-state index contributed by atoms with van der Waals surface area (Å²) in [7, 11) is 0. The third-order valence-electron chi connectivity index (χ3n) is 3.77. The van der Waals surface area contributed by atoms with Crippen LogP contribution in [0.5, 0.6) is 11.5 Å². The second-order valence-corrected chi connectivity index (χ2v) is 6.23. The minimum Gasteiger partial charge on any atom is -0.448 e. The highest BCUT2D eigenvalue weighted by Crippen LogP contribution is 2.47. The summed E-state index contributed by atoms with van der Waals surface area (Å²) < 4.78 is 12.1. The number of rotatable bonds is 0. The number of ether oxygens (including phenoxy) is 2. The van der Waals surface area contributed by atoms with Gasteiger partial charge in [-0.1, -0.05) is 26.8 Å². The SMILES string of the molecule is CC(C)(C)c1ccc2c(c1)OC1(CCCC1)O2. The molecule has 0 bridgehead atoms. The summed E-state index contributed by atoms with van der Waals surface area (Å²) in [5.41, 5.74) is 1.46. The van der Waals surface area contributed by atoms with E-state index in [2.05, 4.69) is 39.0 Å². The topological polar surface area (TPSA) is 18.5 Å². The van der Waals surface area contributed by atoms with E-state index in [1.54, 1.807) is 0 Å². The van der Waals surface area contributed by atoms with Crippen molar-refractivity contribution >= 4 is 0 Å². The normalized spacial score (nSPS) is 21.1. The van der Waals surface area contributed by atoms with Gasteiger partial charge in [0.1, 0.15) is 0 Å². The number of hydrogen-bond acceptors (Lipinski definition) is 2. The van der Waals surface area contributed by atoms with Gasteiger partial charge in [-0.2, -0.15) is 0 Å². The molecular formula is C15H20O2. The summed E-state index contributed by atoms with van der Waals surface area (Å²) >= 11 is 0. The summed E-state index contributed by atoms with van der Waals surface area (Å²) in [4.78, 5) is 0. The van der Waals surface area contributed by atoms with Crippen LogP contribution in [-0.2, 0) is 5.41 Å². The van der Waals surface area contributed by atoms with Gasteiger partial charge in [-0.15, -0.1) is 0 Å². The van der Waals surface area contributed by atoms with Crippen molar-refractivity contribution in [2.45, 2.75) is 57.7 Å². The molecule has 1 saturated carbocycles. The van der Waals surface area contributed by atoms with Gasteiger partial charge in [0.05, 0.1) is 0 Å². The van der Waals surface area contributed by atoms with E-state index < -0.39 is 0 Å². The van der Waals surface area contributed by atoms with Crippen LogP contribution < -0.4 is 9.47 Å². The maximum Gasteiger partial charge on any atom is 0.251 e. The van der Waals surface area contributed by atoms with Gasteiger partial charge in [-0.05, 0) is 36.0 Å². The van der Waals surface area contributed by atoms with Crippen molar-refractivity contribution in [3.63, 3.8) is 0 Å². The van der Waals surface area contributed by atoms with Gasteiger partial charge in [0.15, 0.2) is 11.5 Å². The molecule has 1 aliphatic carbocycles. The lowest BCUT2D eigenvalue weighted by molar-refractivity contribution is -0.0716. The first-order valence-corrected chi connectivity index (χ1v) is 6.51. The van der Waals surface area contributed by atoms with Crippen LogP contribution >= 0.6 is 0 Å². The molecule has 1 aromatic rings. The molecule has 92 valence electrons. The van der Waals surface area contributed by atoms with Crippen molar-refractivity contribution in [3.05, 3.63) is 23.8 Å². The Morgan fingerprint density at radius 2 is 1.65 bits per heavy atom. The molecule has 0 N–H and O–H groups in total. The van der Waals surface area contributed by atoms with Crippen LogP contribution in [0.2, 0.25) is 0 Å². The van der Waals surface area contributed by atoms with Crippen molar-refractivity contribution in [1.82, 2.24) is 0 Å². The number of fused-ring (bicyclic) bond motifs is 1. The summed E-state index contributed by atoms with van der Waals surface area (Å²) in [6.45, 7) is 6.65. The molecule has 1 aliphatic heterocycles. The third kappa shape index (κ3) is 1.80. The molecule has 2 nitrogen and oxygen atoms in total. The Hall–Kier alpha value is -1.18. The van der Waals surface area contributed by atoms with Crippen molar-refractivity contribution in [3.8, 4) is 11.5 Å². The predicted molar refractivity (Wildman–Crippen MR) is 67.6 cm³/mol. The van der Waals surface area contributed by atoms with E-state index in [9.17, 15) is 0 Å². The smallest absolute Gasteiger partial charge is 0.251 e. The average Bonchev–Trinajstić information content (AvgIpc) is 2.82. The van der Waals surface area contributed by atoms with Crippen LogP contribution in [0.1, 0.15) is 52.0 Å². The van der Waals surface area contributed by atoms with Gasteiger partial charge in [-0.25, -0.2) is 0 Å². The second kappa shape index (κ2) is 3.41. The third-order valence-corrected chi connectivity index (χ3v) is 3.77. The fraction of sp³-hybridized carbons (Fsp3) is 0.600. The summed E-state index contributed by atoms with van der Waals surface area (Å²) in [5, 5.41) is 0. The molecular weight excluding hydrogens is 212 g/mol. The Morgan fingerprint density at radius 3 is 2.29 bits per heavy atom. The van der Waals surface area contributed by atoms with Crippen molar-refractivity contribution < 1.29 is 9.47 Å². The monoisotopic (exact) mass is 232 g/mol. The van der Waals surface area contributed by atoms with Gasteiger partial charge in [0.2, 0.25) is 0 Å². The molecule has 1 aromatic carbocycles. The van der Waals surface area contributed by atoms with Crippen LogP contribution in [0.15, 0.2) is 18.2 Å². The van der Waals surface area contributed by atoms with Gasteiger partial charge in [0.25, 0.3) is 5.79 Å². The van der Waals surface area contributed by atoms with Crippen LogP contribution in [0.25, 0.3) is 0 Å². The second-order valence-electron chi connectivity index (χ2n) is 6.23. The van der Waals surface area contributed by atoms with Crippen molar-refractivity contribution in [1.29, 1.82) is 0 Å². The van der Waals surface area contributed by atoms with E-state index in [4.69, 9.17) is 9.47 Å². The largest absolute Gasteiger partial charge is 0.448 e. The summed E-state index contributed by atoms with van der Waals surface area (Å²) in [6.07, 6.45) is 4.46. The molecule has 0 atom stereocenters.